The largest absolute Gasteiger partial charge is 0.462 e. The summed E-state index contributed by atoms with van der Waals surface area (Å²) in [5, 5.41) is 9.40. The minimum atomic E-state index is -0.0601. The van der Waals surface area contributed by atoms with Gasteiger partial charge >= 0.3 is 6.01 Å². The standard InChI is InChI=1S/C29H32ClN7O3/c1-4-25(38)36-11-13-37(14-12-36)28-20-8-5-9-24(40-27-18(2)22(30)15-23-21(27)16-31-34-23)26(20)32-29(33-28)39-17-19-7-6-10-35(19)3/h4-5,8-9,15-16,19H,1,6-7,10-14,17H2,2-3H3,(H,31,34)/t19-/m1/s1. The molecule has 1 amide bonds. The molecule has 6 rings (SSSR count). The lowest BCUT2D eigenvalue weighted by Gasteiger charge is -2.35. The second kappa shape index (κ2) is 10.9. The Balaban J connectivity index is 1.40. The number of fused-ring (bicyclic) bond motifs is 2. The Kier molecular flexibility index (Phi) is 7.20. The second-order valence-electron chi connectivity index (χ2n) is 10.3. The molecule has 11 heteroatoms. The van der Waals surface area contributed by atoms with Gasteiger partial charge in [-0.3, -0.25) is 9.89 Å². The Labute approximate surface area is 237 Å². The number of likely N-dealkylation sites (N-methyl/N-ethyl adjacent to an activating group) is 1. The van der Waals surface area contributed by atoms with Crippen molar-refractivity contribution < 1.29 is 14.3 Å². The molecule has 10 nitrogen and oxygen atoms in total. The Hall–Kier alpha value is -3.89. The van der Waals surface area contributed by atoms with Gasteiger partial charge in [0.15, 0.2) is 5.75 Å². The maximum atomic E-state index is 12.2. The molecule has 0 aliphatic carbocycles. The van der Waals surface area contributed by atoms with E-state index in [-0.39, 0.29) is 5.91 Å². The first-order valence-electron chi connectivity index (χ1n) is 13.5. The molecule has 0 radical (unpaired) electrons. The van der Waals surface area contributed by atoms with E-state index in [4.69, 9.17) is 31.0 Å². The minimum Gasteiger partial charge on any atom is -0.462 e. The molecule has 2 fully saturated rings. The highest BCUT2D eigenvalue weighted by molar-refractivity contribution is 6.32. The second-order valence-corrected chi connectivity index (χ2v) is 10.7. The first kappa shape index (κ1) is 26.3. The van der Waals surface area contributed by atoms with Gasteiger partial charge in [-0.05, 0) is 57.6 Å². The summed E-state index contributed by atoms with van der Waals surface area (Å²) in [5.41, 5.74) is 2.24. The summed E-state index contributed by atoms with van der Waals surface area (Å²) in [5.74, 6) is 1.88. The lowest BCUT2D eigenvalue weighted by Crippen LogP contribution is -2.48. The number of likely N-dealkylation sites (tertiary alicyclic amines) is 1. The van der Waals surface area contributed by atoms with Crippen molar-refractivity contribution in [2.45, 2.75) is 25.8 Å². The zero-order chi connectivity index (χ0) is 27.8. The van der Waals surface area contributed by atoms with Gasteiger partial charge in [0.25, 0.3) is 0 Å². The van der Waals surface area contributed by atoms with E-state index in [1.807, 2.05) is 31.2 Å². The lowest BCUT2D eigenvalue weighted by atomic mass is 10.1. The lowest BCUT2D eigenvalue weighted by molar-refractivity contribution is -0.126. The van der Waals surface area contributed by atoms with Crippen LogP contribution in [0.5, 0.6) is 17.5 Å². The number of para-hydroxylation sites is 1. The summed E-state index contributed by atoms with van der Waals surface area (Å²) in [6, 6.07) is 8.29. The van der Waals surface area contributed by atoms with Crippen LogP contribution in [0.1, 0.15) is 18.4 Å². The van der Waals surface area contributed by atoms with E-state index < -0.39 is 0 Å². The summed E-state index contributed by atoms with van der Waals surface area (Å²) < 4.78 is 12.8. The maximum Gasteiger partial charge on any atom is 0.319 e. The van der Waals surface area contributed by atoms with Crippen molar-refractivity contribution >= 4 is 45.1 Å². The van der Waals surface area contributed by atoms with Gasteiger partial charge in [0.05, 0.1) is 17.1 Å². The molecular weight excluding hydrogens is 530 g/mol. The zero-order valence-electron chi connectivity index (χ0n) is 22.7. The van der Waals surface area contributed by atoms with Crippen LogP contribution in [-0.2, 0) is 4.79 Å². The number of aromatic nitrogens is 4. The molecule has 0 unspecified atom stereocenters. The first-order chi connectivity index (χ1) is 19.4. The smallest absolute Gasteiger partial charge is 0.319 e. The fourth-order valence-corrected chi connectivity index (χ4v) is 5.67. The van der Waals surface area contributed by atoms with Crippen molar-refractivity contribution in [3.05, 3.63) is 53.7 Å². The van der Waals surface area contributed by atoms with Crippen LogP contribution in [0.3, 0.4) is 0 Å². The van der Waals surface area contributed by atoms with E-state index >= 15 is 0 Å². The minimum absolute atomic E-state index is 0.0601. The van der Waals surface area contributed by atoms with Gasteiger partial charge in [0.2, 0.25) is 5.91 Å². The normalized spacial score (nSPS) is 18.0. The number of anilines is 1. The Morgan fingerprint density at radius 3 is 2.77 bits per heavy atom. The molecule has 0 saturated carbocycles. The van der Waals surface area contributed by atoms with Crippen LogP contribution >= 0.6 is 11.6 Å². The number of aromatic amines is 1. The van der Waals surface area contributed by atoms with E-state index in [0.29, 0.717) is 66.9 Å². The van der Waals surface area contributed by atoms with Crippen molar-refractivity contribution in [2.75, 3.05) is 51.3 Å². The van der Waals surface area contributed by atoms with Crippen molar-refractivity contribution in [3.63, 3.8) is 0 Å². The van der Waals surface area contributed by atoms with Gasteiger partial charge in [-0.25, -0.2) is 0 Å². The van der Waals surface area contributed by atoms with Crippen LogP contribution in [0.4, 0.5) is 5.82 Å². The van der Waals surface area contributed by atoms with Gasteiger partial charge in [0.1, 0.15) is 23.7 Å². The summed E-state index contributed by atoms with van der Waals surface area (Å²) in [6.07, 6.45) is 5.33. The quantitative estimate of drug-likeness (QED) is 0.328. The first-order valence-corrected chi connectivity index (χ1v) is 13.9. The van der Waals surface area contributed by atoms with E-state index in [2.05, 4.69) is 33.6 Å². The number of hydrogen-bond acceptors (Lipinski definition) is 8. The highest BCUT2D eigenvalue weighted by Gasteiger charge is 2.26. The highest BCUT2D eigenvalue weighted by atomic mass is 35.5. The van der Waals surface area contributed by atoms with Gasteiger partial charge in [-0.2, -0.15) is 15.1 Å². The zero-order valence-corrected chi connectivity index (χ0v) is 23.4. The molecule has 1 atom stereocenters. The van der Waals surface area contributed by atoms with Crippen LogP contribution < -0.4 is 14.4 Å². The molecule has 2 aromatic carbocycles. The van der Waals surface area contributed by atoms with Crippen molar-refractivity contribution in [2.24, 2.45) is 0 Å². The Morgan fingerprint density at radius 1 is 1.20 bits per heavy atom. The van der Waals surface area contributed by atoms with E-state index in [0.717, 1.165) is 47.1 Å². The number of nitrogens with one attached hydrogen (secondary N) is 1. The number of carbonyl (C=O) groups excluding carboxylic acids is 1. The van der Waals surface area contributed by atoms with Crippen LogP contribution in [0, 0.1) is 6.92 Å². The van der Waals surface area contributed by atoms with E-state index in [1.54, 1.807) is 11.1 Å². The predicted molar refractivity (Wildman–Crippen MR) is 156 cm³/mol. The Bertz CT molecular complexity index is 1580. The monoisotopic (exact) mass is 561 g/mol. The van der Waals surface area contributed by atoms with Crippen molar-refractivity contribution in [1.82, 2.24) is 30.0 Å². The number of hydrogen-bond donors (Lipinski definition) is 1. The maximum absolute atomic E-state index is 12.2. The topological polar surface area (TPSA) is 99.7 Å². The summed E-state index contributed by atoms with van der Waals surface area (Å²) in [4.78, 5) is 28.2. The molecule has 0 spiro atoms. The molecule has 2 aliphatic heterocycles. The third kappa shape index (κ3) is 4.93. The number of halogens is 1. The molecule has 2 saturated heterocycles. The average Bonchev–Trinajstić information content (AvgIpc) is 3.62. The SMILES string of the molecule is C=CC(=O)N1CCN(c2nc(OC[C@H]3CCCN3C)nc3c(Oc4c(C)c(Cl)cc5[nH]ncc45)cccc23)CC1. The van der Waals surface area contributed by atoms with E-state index in [1.165, 1.54) is 6.08 Å². The molecule has 2 aliphatic rings. The van der Waals surface area contributed by atoms with Crippen LogP contribution in [0.15, 0.2) is 43.1 Å². The van der Waals surface area contributed by atoms with Gasteiger partial charge in [-0.15, -0.1) is 0 Å². The number of ether oxygens (including phenoxy) is 2. The summed E-state index contributed by atoms with van der Waals surface area (Å²) >= 11 is 6.53. The van der Waals surface area contributed by atoms with Crippen LogP contribution in [0.2, 0.25) is 5.02 Å². The van der Waals surface area contributed by atoms with Gasteiger partial charge in [0, 0.05) is 48.2 Å². The number of benzene rings is 2. The predicted octanol–water partition coefficient (Wildman–Crippen LogP) is 4.57. The number of H-pyrrole nitrogens is 1. The van der Waals surface area contributed by atoms with Gasteiger partial charge < -0.3 is 24.2 Å². The van der Waals surface area contributed by atoms with Gasteiger partial charge in [-0.1, -0.05) is 24.2 Å². The van der Waals surface area contributed by atoms with E-state index in [9.17, 15) is 4.79 Å². The number of amides is 1. The molecule has 4 aromatic rings. The fraction of sp³-hybridized carbons (Fsp3) is 0.379. The third-order valence-electron chi connectivity index (χ3n) is 7.89. The van der Waals surface area contributed by atoms with Crippen LogP contribution in [0.25, 0.3) is 21.8 Å². The number of piperazine rings is 1. The number of carbonyl (C=O) groups is 1. The molecule has 208 valence electrons. The van der Waals surface area contributed by atoms with Crippen molar-refractivity contribution in [1.29, 1.82) is 0 Å². The molecule has 4 heterocycles. The molecule has 40 heavy (non-hydrogen) atoms. The number of rotatable bonds is 7. The number of nitrogens with zero attached hydrogens (tertiary/aromatic N) is 6. The summed E-state index contributed by atoms with van der Waals surface area (Å²) in [6.45, 7) is 9.53. The molecule has 1 N–H and O–H groups in total. The highest BCUT2D eigenvalue weighted by Crippen LogP contribution is 2.40. The summed E-state index contributed by atoms with van der Waals surface area (Å²) in [7, 11) is 2.12. The molecular formula is C29H32ClN7O3. The Morgan fingerprint density at radius 2 is 2.02 bits per heavy atom. The van der Waals surface area contributed by atoms with Crippen molar-refractivity contribution in [3.8, 4) is 17.5 Å². The molecule has 0 bridgehead atoms. The van der Waals surface area contributed by atoms with Crippen LogP contribution in [-0.4, -0.2) is 88.3 Å². The fourth-order valence-electron chi connectivity index (χ4n) is 5.48. The third-order valence-corrected chi connectivity index (χ3v) is 8.28. The molecule has 2 aromatic heterocycles. The average molecular weight is 562 g/mol.